The fourth-order valence-corrected chi connectivity index (χ4v) is 7.06. The molecule has 0 aromatic carbocycles. The smallest absolute Gasteiger partial charge is 0.207 e. The highest BCUT2D eigenvalue weighted by Gasteiger charge is 2.57. The fraction of sp³-hybridized carbons (Fsp3) is 0.762. The molecule has 3 unspecified atom stereocenters. The van der Waals surface area contributed by atoms with Crippen LogP contribution in [0.4, 0.5) is 5.82 Å². The number of hydrogen-bond acceptors (Lipinski definition) is 4. The SMILES string of the molecule is O=CNCC12CC3CC(CC(C3)C1c1cncc(N3CCCCC3)n1)C2. The van der Waals surface area contributed by atoms with Crippen molar-refractivity contribution in [2.24, 2.45) is 23.2 Å². The molecule has 26 heavy (non-hydrogen) atoms. The fourth-order valence-electron chi connectivity index (χ4n) is 7.06. The minimum Gasteiger partial charge on any atom is -0.358 e. The van der Waals surface area contributed by atoms with Crippen molar-refractivity contribution in [2.75, 3.05) is 24.5 Å². The van der Waals surface area contributed by atoms with Gasteiger partial charge in [-0.25, -0.2) is 4.98 Å². The molecule has 3 atom stereocenters. The van der Waals surface area contributed by atoms with Crippen molar-refractivity contribution in [1.29, 1.82) is 0 Å². The lowest BCUT2D eigenvalue weighted by Crippen LogP contribution is -2.55. The lowest BCUT2D eigenvalue weighted by atomic mass is 9.44. The van der Waals surface area contributed by atoms with E-state index in [1.54, 1.807) is 0 Å². The zero-order valence-electron chi connectivity index (χ0n) is 15.6. The normalized spacial score (nSPS) is 38.4. The number of carbonyl (C=O) groups is 1. The van der Waals surface area contributed by atoms with Gasteiger partial charge >= 0.3 is 0 Å². The van der Waals surface area contributed by atoms with Gasteiger partial charge in [-0.15, -0.1) is 0 Å². The summed E-state index contributed by atoms with van der Waals surface area (Å²) in [7, 11) is 0. The van der Waals surface area contributed by atoms with Gasteiger partial charge < -0.3 is 10.2 Å². The average molecular weight is 354 g/mol. The van der Waals surface area contributed by atoms with E-state index in [4.69, 9.17) is 4.98 Å². The zero-order valence-corrected chi connectivity index (χ0v) is 15.6. The maximum Gasteiger partial charge on any atom is 0.207 e. The number of anilines is 1. The molecule has 6 rings (SSSR count). The van der Waals surface area contributed by atoms with Crippen LogP contribution in [0.1, 0.15) is 63.0 Å². The first kappa shape index (κ1) is 16.5. The van der Waals surface area contributed by atoms with E-state index in [1.165, 1.54) is 57.1 Å². The summed E-state index contributed by atoms with van der Waals surface area (Å²) in [6.07, 6.45) is 15.3. The zero-order chi connectivity index (χ0) is 17.6. The predicted molar refractivity (Wildman–Crippen MR) is 101 cm³/mol. The first-order chi connectivity index (χ1) is 12.8. The molecular weight excluding hydrogens is 324 g/mol. The monoisotopic (exact) mass is 354 g/mol. The Bertz CT molecular complexity index is 658. The molecule has 1 N–H and O–H groups in total. The van der Waals surface area contributed by atoms with Crippen molar-refractivity contribution in [2.45, 2.75) is 57.3 Å². The average Bonchev–Trinajstić information content (AvgIpc) is 2.66. The Balaban J connectivity index is 1.48. The minimum atomic E-state index is 0.199. The lowest BCUT2D eigenvalue weighted by molar-refractivity contribution is -0.113. The summed E-state index contributed by atoms with van der Waals surface area (Å²) in [6, 6.07) is 0. The number of amides is 1. The third-order valence-corrected chi connectivity index (χ3v) is 7.64. The molecule has 4 aliphatic carbocycles. The number of aromatic nitrogens is 2. The molecule has 1 saturated heterocycles. The van der Waals surface area contributed by atoms with Crippen molar-refractivity contribution in [1.82, 2.24) is 15.3 Å². The van der Waals surface area contributed by atoms with Crippen LogP contribution >= 0.6 is 0 Å². The summed E-state index contributed by atoms with van der Waals surface area (Å²) in [6.45, 7) is 3.02. The van der Waals surface area contributed by atoms with Crippen molar-refractivity contribution in [3.8, 4) is 0 Å². The van der Waals surface area contributed by atoms with Crippen LogP contribution in [0.5, 0.6) is 0 Å². The van der Waals surface area contributed by atoms with Crippen LogP contribution in [0.15, 0.2) is 12.4 Å². The van der Waals surface area contributed by atoms with Crippen molar-refractivity contribution < 1.29 is 4.79 Å². The van der Waals surface area contributed by atoms with Crippen LogP contribution < -0.4 is 10.2 Å². The number of nitrogens with one attached hydrogen (secondary N) is 1. The standard InChI is InChI=1S/C21H30N4O/c26-14-23-13-21-9-15-6-16(10-21)8-17(7-15)20(21)18-11-22-12-19(24-18)25-4-2-1-3-5-25/h11-12,14-17,20H,1-10,13H2,(H,23,26). The predicted octanol–water partition coefficient (Wildman–Crippen LogP) is 3.12. The topological polar surface area (TPSA) is 58.1 Å². The summed E-state index contributed by atoms with van der Waals surface area (Å²) < 4.78 is 0. The van der Waals surface area contributed by atoms with E-state index in [0.29, 0.717) is 5.92 Å². The van der Waals surface area contributed by atoms with Gasteiger partial charge in [-0.3, -0.25) is 9.78 Å². The molecule has 0 spiro atoms. The maximum absolute atomic E-state index is 11.1. The Hall–Kier alpha value is -1.65. The van der Waals surface area contributed by atoms with E-state index in [2.05, 4.69) is 15.2 Å². The van der Waals surface area contributed by atoms with Crippen LogP contribution in [-0.4, -0.2) is 36.0 Å². The van der Waals surface area contributed by atoms with Gasteiger partial charge in [0.05, 0.1) is 11.9 Å². The number of carbonyl (C=O) groups excluding carboxylic acids is 1. The Kier molecular flexibility index (Phi) is 4.13. The van der Waals surface area contributed by atoms with Crippen LogP contribution in [0.3, 0.4) is 0 Å². The number of nitrogens with zero attached hydrogens (tertiary/aromatic N) is 3. The van der Waals surface area contributed by atoms with E-state index >= 15 is 0 Å². The highest BCUT2D eigenvalue weighted by Crippen LogP contribution is 2.65. The van der Waals surface area contributed by atoms with Crippen LogP contribution in [-0.2, 0) is 4.79 Å². The van der Waals surface area contributed by atoms with Crippen LogP contribution in [0.2, 0.25) is 0 Å². The molecular formula is C21H30N4O. The number of piperidine rings is 1. The van der Waals surface area contributed by atoms with Crippen molar-refractivity contribution in [3.05, 3.63) is 18.1 Å². The Morgan fingerprint density at radius 3 is 2.62 bits per heavy atom. The molecule has 1 aromatic rings. The summed E-state index contributed by atoms with van der Waals surface area (Å²) in [5.74, 6) is 3.96. The van der Waals surface area contributed by atoms with E-state index in [9.17, 15) is 4.79 Å². The molecule has 5 aliphatic rings. The third kappa shape index (κ3) is 2.71. The highest BCUT2D eigenvalue weighted by molar-refractivity contribution is 5.46. The van der Waals surface area contributed by atoms with Gasteiger partial charge in [-0.05, 0) is 74.5 Å². The van der Waals surface area contributed by atoms with Gasteiger partial charge in [-0.1, -0.05) is 0 Å². The largest absolute Gasteiger partial charge is 0.358 e. The number of hydrogen-bond donors (Lipinski definition) is 1. The van der Waals surface area contributed by atoms with E-state index in [1.807, 2.05) is 12.4 Å². The first-order valence-electron chi connectivity index (χ1n) is 10.5. The first-order valence-corrected chi connectivity index (χ1v) is 10.5. The third-order valence-electron chi connectivity index (χ3n) is 7.64. The van der Waals surface area contributed by atoms with Crippen LogP contribution in [0, 0.1) is 23.2 Å². The molecule has 5 heteroatoms. The Morgan fingerprint density at radius 2 is 1.88 bits per heavy atom. The number of rotatable bonds is 5. The minimum absolute atomic E-state index is 0.199. The second kappa shape index (κ2) is 6.50. The summed E-state index contributed by atoms with van der Waals surface area (Å²) in [4.78, 5) is 23.2. The summed E-state index contributed by atoms with van der Waals surface area (Å²) >= 11 is 0. The van der Waals surface area contributed by atoms with E-state index < -0.39 is 0 Å². The molecule has 4 saturated carbocycles. The molecule has 1 amide bonds. The maximum atomic E-state index is 11.1. The van der Waals surface area contributed by atoms with Gasteiger partial charge in [0.1, 0.15) is 5.82 Å². The van der Waals surface area contributed by atoms with Gasteiger partial charge in [0.15, 0.2) is 0 Å². The van der Waals surface area contributed by atoms with Crippen molar-refractivity contribution in [3.63, 3.8) is 0 Å². The Labute approximate surface area is 156 Å². The molecule has 1 aromatic heterocycles. The summed E-state index contributed by atoms with van der Waals surface area (Å²) in [5.41, 5.74) is 1.38. The molecule has 4 bridgehead atoms. The molecule has 0 radical (unpaired) electrons. The molecule has 1 aliphatic heterocycles. The second-order valence-electron chi connectivity index (χ2n) is 9.30. The highest BCUT2D eigenvalue weighted by atomic mass is 16.1. The van der Waals surface area contributed by atoms with Gasteiger partial charge in [0.25, 0.3) is 0 Å². The molecule has 5 nitrogen and oxygen atoms in total. The van der Waals surface area contributed by atoms with Crippen LogP contribution in [0.25, 0.3) is 0 Å². The second-order valence-corrected chi connectivity index (χ2v) is 9.30. The quantitative estimate of drug-likeness (QED) is 0.826. The van der Waals surface area contributed by atoms with Crippen molar-refractivity contribution >= 4 is 12.2 Å². The van der Waals surface area contributed by atoms with E-state index in [0.717, 1.165) is 49.6 Å². The van der Waals surface area contributed by atoms with Gasteiger partial charge in [-0.2, -0.15) is 0 Å². The molecule has 140 valence electrons. The lowest BCUT2D eigenvalue weighted by Gasteiger charge is -2.61. The summed E-state index contributed by atoms with van der Waals surface area (Å²) in [5, 5.41) is 3.04. The molecule has 2 heterocycles. The molecule has 5 fully saturated rings. The van der Waals surface area contributed by atoms with Gasteiger partial charge in [0.2, 0.25) is 6.41 Å². The van der Waals surface area contributed by atoms with E-state index in [-0.39, 0.29) is 5.41 Å². The Morgan fingerprint density at radius 1 is 1.12 bits per heavy atom. The van der Waals surface area contributed by atoms with Gasteiger partial charge in [0, 0.05) is 31.7 Å².